The van der Waals surface area contributed by atoms with Gasteiger partial charge < -0.3 is 19.1 Å². The number of nitrogens with zero attached hydrogens (tertiary/aromatic N) is 2. The molecule has 0 saturated carbocycles. The number of aromatic nitrogens is 1. The number of aromatic carboxylic acids is 1. The fraction of sp³-hybridized carbons (Fsp3) is 0.333. The molecule has 0 unspecified atom stereocenters. The quantitative estimate of drug-likeness (QED) is 0.131. The largest absolute Gasteiger partial charge is 0.494 e. The minimum absolute atomic E-state index is 0.133. The Morgan fingerprint density at radius 2 is 1.49 bits per heavy atom. The van der Waals surface area contributed by atoms with E-state index in [2.05, 4.69) is 18.7 Å². The summed E-state index contributed by atoms with van der Waals surface area (Å²) in [6.45, 7) is 8.41. The molecule has 0 spiro atoms. The molecule has 1 N–H and O–H groups in total. The van der Waals surface area contributed by atoms with E-state index in [0.29, 0.717) is 23.4 Å². The van der Waals surface area contributed by atoms with Crippen molar-refractivity contribution in [1.82, 2.24) is 9.30 Å². The molecule has 0 atom stereocenters. The third-order valence-electron chi connectivity index (χ3n) is 6.98. The minimum atomic E-state index is -1.00. The smallest absolute Gasteiger partial charge is 0.335 e. The third-order valence-corrected chi connectivity index (χ3v) is 6.98. The van der Waals surface area contributed by atoms with Crippen LogP contribution in [0.4, 0.5) is 0 Å². The van der Waals surface area contributed by atoms with E-state index in [9.17, 15) is 14.7 Å². The predicted molar refractivity (Wildman–Crippen MR) is 156 cm³/mol. The number of pyridine rings is 1. The van der Waals surface area contributed by atoms with E-state index in [4.69, 9.17) is 4.74 Å². The number of carbonyl (C=O) groups is 2. The summed E-state index contributed by atoms with van der Waals surface area (Å²) in [7, 11) is 0. The Labute approximate surface area is 230 Å². The van der Waals surface area contributed by atoms with Gasteiger partial charge in [-0.05, 0) is 80.4 Å². The summed E-state index contributed by atoms with van der Waals surface area (Å²) in [5, 5.41) is 9.43. The van der Waals surface area contributed by atoms with Gasteiger partial charge in [0, 0.05) is 29.4 Å². The van der Waals surface area contributed by atoms with Gasteiger partial charge in [-0.1, -0.05) is 57.0 Å². The average molecular weight is 527 g/mol. The Morgan fingerprint density at radius 3 is 2.13 bits per heavy atom. The van der Waals surface area contributed by atoms with Crippen molar-refractivity contribution in [3.05, 3.63) is 95.8 Å². The second kappa shape index (κ2) is 13.8. The molecular formula is C33H38N2O4. The van der Waals surface area contributed by atoms with Crippen molar-refractivity contribution in [2.24, 2.45) is 0 Å². The van der Waals surface area contributed by atoms with Gasteiger partial charge >= 0.3 is 5.97 Å². The van der Waals surface area contributed by atoms with Crippen LogP contribution < -0.4 is 4.74 Å². The van der Waals surface area contributed by atoms with Crippen molar-refractivity contribution in [3.8, 4) is 16.9 Å². The molecule has 0 aliphatic heterocycles. The molecule has 0 aliphatic carbocycles. The van der Waals surface area contributed by atoms with Gasteiger partial charge in [0.2, 0.25) is 5.78 Å². The topological polar surface area (TPSA) is 71.2 Å². The van der Waals surface area contributed by atoms with Gasteiger partial charge in [0.1, 0.15) is 11.4 Å². The molecule has 2 aromatic heterocycles. The minimum Gasteiger partial charge on any atom is -0.494 e. The molecule has 6 nitrogen and oxygen atoms in total. The predicted octanol–water partition coefficient (Wildman–Crippen LogP) is 7.21. The third kappa shape index (κ3) is 7.15. The van der Waals surface area contributed by atoms with Gasteiger partial charge in [-0.15, -0.1) is 0 Å². The highest BCUT2D eigenvalue weighted by molar-refractivity contribution is 6.13. The number of unbranched alkanes of at least 4 members (excludes halogenated alkanes) is 2. The van der Waals surface area contributed by atoms with E-state index in [1.165, 1.54) is 31.7 Å². The van der Waals surface area contributed by atoms with E-state index < -0.39 is 5.97 Å². The Morgan fingerprint density at radius 1 is 0.821 bits per heavy atom. The number of benzene rings is 2. The zero-order chi connectivity index (χ0) is 27.6. The van der Waals surface area contributed by atoms with Crippen LogP contribution in [0.3, 0.4) is 0 Å². The summed E-state index contributed by atoms with van der Waals surface area (Å²) >= 11 is 0. The Kier molecular flexibility index (Phi) is 9.92. The van der Waals surface area contributed by atoms with Gasteiger partial charge in [0.05, 0.1) is 12.2 Å². The summed E-state index contributed by atoms with van der Waals surface area (Å²) in [4.78, 5) is 27.8. The lowest BCUT2D eigenvalue weighted by Gasteiger charge is -2.21. The summed E-state index contributed by atoms with van der Waals surface area (Å²) in [5.74, 6) is -0.390. The highest BCUT2D eigenvalue weighted by atomic mass is 16.5. The van der Waals surface area contributed by atoms with Crippen LogP contribution in [0.25, 0.3) is 16.6 Å². The summed E-state index contributed by atoms with van der Waals surface area (Å²) < 4.78 is 7.76. The van der Waals surface area contributed by atoms with Crippen LogP contribution in [0.2, 0.25) is 0 Å². The number of rotatable bonds is 15. The van der Waals surface area contributed by atoms with Crippen molar-refractivity contribution < 1.29 is 19.4 Å². The van der Waals surface area contributed by atoms with Gasteiger partial charge in [0.25, 0.3) is 0 Å². The second-order valence-corrected chi connectivity index (χ2v) is 9.89. The van der Waals surface area contributed by atoms with Crippen molar-refractivity contribution in [2.45, 2.75) is 46.0 Å². The number of hydrogen-bond donors (Lipinski definition) is 1. The maximum absolute atomic E-state index is 13.8. The molecule has 204 valence electrons. The summed E-state index contributed by atoms with van der Waals surface area (Å²) in [6, 6.07) is 21.9. The molecule has 2 heterocycles. The Bertz CT molecular complexity index is 1370. The van der Waals surface area contributed by atoms with Crippen LogP contribution in [0.5, 0.6) is 5.75 Å². The highest BCUT2D eigenvalue weighted by Crippen LogP contribution is 2.30. The first-order chi connectivity index (χ1) is 19.0. The van der Waals surface area contributed by atoms with Crippen LogP contribution in [0.1, 0.15) is 72.4 Å². The van der Waals surface area contributed by atoms with E-state index in [0.717, 1.165) is 42.9 Å². The standard InChI is InChI=1S/C33H38N2O4/c1-3-5-18-34(19-6-4-2)20-10-22-39-29-15-13-26(14-16-29)32(36)31-30(25-11-8-7-9-12-25)24-28-23-27(33(37)38)17-21-35(28)31/h7-9,11-17,21,23-24H,3-6,10,18-20,22H2,1-2H3,(H,37,38). The van der Waals surface area contributed by atoms with Crippen molar-refractivity contribution >= 4 is 17.3 Å². The molecule has 4 rings (SSSR count). The number of carboxylic acid groups (broad SMARTS) is 1. The summed E-state index contributed by atoms with van der Waals surface area (Å²) in [6.07, 6.45) is 7.48. The van der Waals surface area contributed by atoms with Gasteiger partial charge in [-0.2, -0.15) is 0 Å². The van der Waals surface area contributed by atoms with E-state index in [1.807, 2.05) is 48.5 Å². The molecule has 0 bridgehead atoms. The van der Waals surface area contributed by atoms with Crippen molar-refractivity contribution in [3.63, 3.8) is 0 Å². The fourth-order valence-electron chi connectivity index (χ4n) is 4.80. The van der Waals surface area contributed by atoms with E-state index in [1.54, 1.807) is 28.8 Å². The SMILES string of the molecule is CCCCN(CCCC)CCCOc1ccc(C(=O)c2c(-c3ccccc3)cc3cc(C(=O)O)ccn23)cc1. The average Bonchev–Trinajstić information content (AvgIpc) is 3.35. The van der Waals surface area contributed by atoms with Crippen LogP contribution in [-0.4, -0.2) is 52.4 Å². The van der Waals surface area contributed by atoms with Crippen LogP contribution in [-0.2, 0) is 0 Å². The Balaban J connectivity index is 1.48. The lowest BCUT2D eigenvalue weighted by atomic mass is 10.0. The molecule has 0 saturated heterocycles. The van der Waals surface area contributed by atoms with E-state index >= 15 is 0 Å². The lowest BCUT2D eigenvalue weighted by Crippen LogP contribution is -2.28. The fourth-order valence-corrected chi connectivity index (χ4v) is 4.80. The number of ether oxygens (including phenoxy) is 1. The molecule has 0 radical (unpaired) electrons. The molecular weight excluding hydrogens is 488 g/mol. The summed E-state index contributed by atoms with van der Waals surface area (Å²) in [5.41, 5.74) is 3.55. The van der Waals surface area contributed by atoms with Gasteiger partial charge in [-0.25, -0.2) is 4.79 Å². The molecule has 6 heteroatoms. The van der Waals surface area contributed by atoms with Crippen LogP contribution in [0, 0.1) is 0 Å². The first-order valence-electron chi connectivity index (χ1n) is 14.0. The van der Waals surface area contributed by atoms with Gasteiger partial charge in [0.15, 0.2) is 0 Å². The zero-order valence-corrected chi connectivity index (χ0v) is 22.9. The molecule has 0 fully saturated rings. The molecule has 0 amide bonds. The number of fused-ring (bicyclic) bond motifs is 1. The molecule has 0 aliphatic rings. The molecule has 39 heavy (non-hydrogen) atoms. The number of hydrogen-bond acceptors (Lipinski definition) is 4. The zero-order valence-electron chi connectivity index (χ0n) is 22.9. The first kappa shape index (κ1) is 28.1. The highest BCUT2D eigenvalue weighted by Gasteiger charge is 2.21. The maximum atomic E-state index is 13.8. The monoisotopic (exact) mass is 526 g/mol. The van der Waals surface area contributed by atoms with Crippen LogP contribution >= 0.6 is 0 Å². The second-order valence-electron chi connectivity index (χ2n) is 9.89. The molecule has 2 aromatic carbocycles. The van der Waals surface area contributed by atoms with Gasteiger partial charge in [-0.3, -0.25) is 4.79 Å². The first-order valence-corrected chi connectivity index (χ1v) is 14.0. The van der Waals surface area contributed by atoms with Crippen molar-refractivity contribution in [2.75, 3.05) is 26.2 Å². The maximum Gasteiger partial charge on any atom is 0.335 e. The lowest BCUT2D eigenvalue weighted by molar-refractivity contribution is 0.0696. The van der Waals surface area contributed by atoms with E-state index in [-0.39, 0.29) is 11.3 Å². The Hall–Kier alpha value is -3.90. The number of carbonyl (C=O) groups excluding carboxylic acids is 1. The normalized spacial score (nSPS) is 11.3. The van der Waals surface area contributed by atoms with Crippen molar-refractivity contribution in [1.29, 1.82) is 0 Å². The van der Waals surface area contributed by atoms with Crippen LogP contribution in [0.15, 0.2) is 79.0 Å². The number of carboxylic acids is 1. The number of ketones is 1. The molecule has 4 aromatic rings.